The van der Waals surface area contributed by atoms with Crippen LogP contribution in [0.4, 0.5) is 0 Å². The van der Waals surface area contributed by atoms with Crippen molar-refractivity contribution in [2.24, 2.45) is 11.7 Å². The third kappa shape index (κ3) is 2.13. The molecule has 2 atom stereocenters. The van der Waals surface area contributed by atoms with Crippen LogP contribution in [0.3, 0.4) is 0 Å². The molecule has 3 rings (SSSR count). The van der Waals surface area contributed by atoms with E-state index in [0.29, 0.717) is 0 Å². The van der Waals surface area contributed by atoms with Gasteiger partial charge in [0.1, 0.15) is 0 Å². The molecule has 0 radical (unpaired) electrons. The second-order valence-corrected chi connectivity index (χ2v) is 6.01. The second-order valence-electron chi connectivity index (χ2n) is 6.01. The first kappa shape index (κ1) is 11.3. The summed E-state index contributed by atoms with van der Waals surface area (Å²) >= 11 is 0. The average Bonchev–Trinajstić information content (AvgIpc) is 2.47. The Labute approximate surface area is 104 Å². The van der Waals surface area contributed by atoms with E-state index < -0.39 is 0 Å². The molecule has 2 unspecified atom stereocenters. The van der Waals surface area contributed by atoms with Crippen LogP contribution in [0.1, 0.15) is 60.9 Å². The fraction of sp³-hybridized carbons (Fsp3) is 0.625. The number of fused-ring (bicyclic) bond motifs is 2. The van der Waals surface area contributed by atoms with Crippen molar-refractivity contribution >= 4 is 0 Å². The van der Waals surface area contributed by atoms with Crippen LogP contribution in [0.25, 0.3) is 0 Å². The lowest BCUT2D eigenvalue weighted by Gasteiger charge is -2.21. The lowest BCUT2D eigenvalue weighted by atomic mass is 9.86. The van der Waals surface area contributed by atoms with Crippen molar-refractivity contribution < 1.29 is 0 Å². The van der Waals surface area contributed by atoms with Crippen molar-refractivity contribution in [2.45, 2.75) is 57.9 Å². The van der Waals surface area contributed by atoms with Crippen molar-refractivity contribution in [1.82, 2.24) is 0 Å². The molecular formula is C16H23N. The van der Waals surface area contributed by atoms with E-state index in [2.05, 4.69) is 19.1 Å². The molecule has 0 aliphatic heterocycles. The van der Waals surface area contributed by atoms with Gasteiger partial charge in [0.25, 0.3) is 0 Å². The average molecular weight is 229 g/mol. The van der Waals surface area contributed by atoms with Crippen molar-refractivity contribution in [2.75, 3.05) is 0 Å². The van der Waals surface area contributed by atoms with Crippen LogP contribution in [0.2, 0.25) is 0 Å². The summed E-state index contributed by atoms with van der Waals surface area (Å²) in [5, 5.41) is 0. The van der Waals surface area contributed by atoms with E-state index in [-0.39, 0.29) is 6.04 Å². The second kappa shape index (κ2) is 4.45. The minimum absolute atomic E-state index is 0.273. The molecule has 2 aliphatic rings. The maximum absolute atomic E-state index is 6.37. The smallest absolute Gasteiger partial charge is 0.0300 e. The highest BCUT2D eigenvalue weighted by Gasteiger charge is 2.22. The van der Waals surface area contributed by atoms with Gasteiger partial charge in [-0.25, -0.2) is 0 Å². The van der Waals surface area contributed by atoms with Crippen LogP contribution >= 0.6 is 0 Å². The quantitative estimate of drug-likeness (QED) is 0.677. The predicted molar refractivity (Wildman–Crippen MR) is 72.1 cm³/mol. The van der Waals surface area contributed by atoms with Gasteiger partial charge in [-0.2, -0.15) is 0 Å². The summed E-state index contributed by atoms with van der Waals surface area (Å²) in [5.74, 6) is 0.773. The molecular weight excluding hydrogens is 206 g/mol. The molecule has 17 heavy (non-hydrogen) atoms. The third-order valence-corrected chi connectivity index (χ3v) is 4.57. The standard InChI is InChI=1S/C16H23N/c1-11-6-7-14-9-12-4-2-3-5-13(12)10-15(14)16(17)8-11/h9-11,16H,2-8,17H2,1H3. The minimum Gasteiger partial charge on any atom is -0.324 e. The maximum atomic E-state index is 6.37. The molecule has 1 heteroatoms. The van der Waals surface area contributed by atoms with Gasteiger partial charge in [0.05, 0.1) is 0 Å². The van der Waals surface area contributed by atoms with Crippen LogP contribution in [0, 0.1) is 5.92 Å². The molecule has 0 saturated heterocycles. The lowest BCUT2D eigenvalue weighted by molar-refractivity contribution is 0.464. The van der Waals surface area contributed by atoms with Crippen LogP contribution in [0.5, 0.6) is 0 Å². The van der Waals surface area contributed by atoms with Crippen LogP contribution in [-0.2, 0) is 19.3 Å². The normalized spacial score (nSPS) is 28.1. The fourth-order valence-corrected chi connectivity index (χ4v) is 3.50. The molecule has 92 valence electrons. The van der Waals surface area contributed by atoms with E-state index in [4.69, 9.17) is 5.73 Å². The van der Waals surface area contributed by atoms with Gasteiger partial charge in [0, 0.05) is 6.04 Å². The zero-order valence-corrected chi connectivity index (χ0v) is 10.8. The van der Waals surface area contributed by atoms with E-state index in [9.17, 15) is 0 Å². The molecule has 0 fully saturated rings. The molecule has 0 heterocycles. The van der Waals surface area contributed by atoms with Gasteiger partial charge in [-0.15, -0.1) is 0 Å². The molecule has 0 spiro atoms. The van der Waals surface area contributed by atoms with Gasteiger partial charge >= 0.3 is 0 Å². The van der Waals surface area contributed by atoms with Gasteiger partial charge in [0.2, 0.25) is 0 Å². The zero-order chi connectivity index (χ0) is 11.8. The molecule has 0 amide bonds. The molecule has 1 nitrogen and oxygen atoms in total. The number of hydrogen-bond donors (Lipinski definition) is 1. The Morgan fingerprint density at radius 2 is 1.71 bits per heavy atom. The van der Waals surface area contributed by atoms with Crippen LogP contribution in [0.15, 0.2) is 12.1 Å². The van der Waals surface area contributed by atoms with Gasteiger partial charge < -0.3 is 5.73 Å². The predicted octanol–water partition coefficient (Wildman–Crippen LogP) is 3.54. The van der Waals surface area contributed by atoms with E-state index in [0.717, 1.165) is 12.3 Å². The zero-order valence-electron chi connectivity index (χ0n) is 10.8. The van der Waals surface area contributed by atoms with Gasteiger partial charge in [-0.3, -0.25) is 0 Å². The largest absolute Gasteiger partial charge is 0.324 e. The Morgan fingerprint density at radius 1 is 1.00 bits per heavy atom. The Kier molecular flexibility index (Phi) is 2.96. The number of aryl methyl sites for hydroxylation is 3. The summed E-state index contributed by atoms with van der Waals surface area (Å²) in [6.45, 7) is 2.34. The Hall–Kier alpha value is -0.820. The van der Waals surface area contributed by atoms with Gasteiger partial charge in [-0.05, 0) is 73.1 Å². The molecule has 2 aliphatic carbocycles. The van der Waals surface area contributed by atoms with Gasteiger partial charge in [0.15, 0.2) is 0 Å². The van der Waals surface area contributed by atoms with Crippen molar-refractivity contribution in [1.29, 1.82) is 0 Å². The molecule has 0 saturated carbocycles. The maximum Gasteiger partial charge on any atom is 0.0300 e. The monoisotopic (exact) mass is 229 g/mol. The number of benzene rings is 1. The highest BCUT2D eigenvalue weighted by molar-refractivity contribution is 5.42. The number of nitrogens with two attached hydrogens (primary N) is 1. The molecule has 0 aromatic heterocycles. The molecule has 2 N–H and O–H groups in total. The Bertz CT molecular complexity index is 422. The van der Waals surface area contributed by atoms with E-state index >= 15 is 0 Å². The highest BCUT2D eigenvalue weighted by Crippen LogP contribution is 2.34. The fourth-order valence-electron chi connectivity index (χ4n) is 3.50. The minimum atomic E-state index is 0.273. The summed E-state index contributed by atoms with van der Waals surface area (Å²) in [5.41, 5.74) is 12.6. The highest BCUT2D eigenvalue weighted by atomic mass is 14.6. The summed E-state index contributed by atoms with van der Waals surface area (Å²) in [4.78, 5) is 0. The molecule has 0 bridgehead atoms. The molecule has 1 aromatic rings. The first-order valence-corrected chi connectivity index (χ1v) is 7.14. The van der Waals surface area contributed by atoms with Gasteiger partial charge in [-0.1, -0.05) is 19.1 Å². The lowest BCUT2D eigenvalue weighted by Crippen LogP contribution is -2.14. The Morgan fingerprint density at radius 3 is 2.47 bits per heavy atom. The third-order valence-electron chi connectivity index (χ3n) is 4.57. The van der Waals surface area contributed by atoms with Crippen molar-refractivity contribution in [3.63, 3.8) is 0 Å². The van der Waals surface area contributed by atoms with Crippen LogP contribution in [-0.4, -0.2) is 0 Å². The number of rotatable bonds is 0. The van der Waals surface area contributed by atoms with Crippen LogP contribution < -0.4 is 5.73 Å². The van der Waals surface area contributed by atoms with E-state index in [1.807, 2.05) is 0 Å². The number of hydrogen-bond acceptors (Lipinski definition) is 1. The first-order chi connectivity index (χ1) is 8.24. The van der Waals surface area contributed by atoms with E-state index in [1.54, 1.807) is 16.7 Å². The van der Waals surface area contributed by atoms with E-state index in [1.165, 1.54) is 44.1 Å². The summed E-state index contributed by atoms with van der Waals surface area (Å²) in [7, 11) is 0. The van der Waals surface area contributed by atoms with Crippen molar-refractivity contribution in [3.05, 3.63) is 34.4 Å². The topological polar surface area (TPSA) is 26.0 Å². The summed E-state index contributed by atoms with van der Waals surface area (Å²) in [6.07, 6.45) is 8.98. The first-order valence-electron chi connectivity index (χ1n) is 7.14. The SMILES string of the molecule is CC1CCc2cc3c(cc2C(N)C1)CCCC3. The summed E-state index contributed by atoms with van der Waals surface area (Å²) in [6, 6.07) is 5.18. The summed E-state index contributed by atoms with van der Waals surface area (Å²) < 4.78 is 0. The van der Waals surface area contributed by atoms with Crippen molar-refractivity contribution in [3.8, 4) is 0 Å². The Balaban J connectivity index is 2.03. The molecule has 1 aromatic carbocycles.